The summed E-state index contributed by atoms with van der Waals surface area (Å²) in [6.07, 6.45) is -4.15. The van der Waals surface area contributed by atoms with E-state index in [1.54, 1.807) is 0 Å². The smallest absolute Gasteiger partial charge is 0.416 e. The maximum Gasteiger partial charge on any atom is 0.416 e. The summed E-state index contributed by atoms with van der Waals surface area (Å²) in [4.78, 5) is 23.5. The van der Waals surface area contributed by atoms with Crippen molar-refractivity contribution in [1.82, 2.24) is 0 Å². The molecule has 0 heterocycles. The molecule has 0 aromatic heterocycles. The van der Waals surface area contributed by atoms with E-state index in [1.165, 1.54) is 25.1 Å². The summed E-state index contributed by atoms with van der Waals surface area (Å²) in [5.74, 6) is -2.17. The summed E-state index contributed by atoms with van der Waals surface area (Å²) in [7, 11) is 0. The van der Waals surface area contributed by atoms with Gasteiger partial charge in [-0.2, -0.15) is 13.2 Å². The van der Waals surface area contributed by atoms with Crippen LogP contribution in [-0.4, -0.2) is 29.8 Å². The van der Waals surface area contributed by atoms with Gasteiger partial charge in [-0.25, -0.2) is 9.59 Å². The molecule has 1 N–H and O–H groups in total. The molecule has 0 radical (unpaired) electrons. The highest BCUT2D eigenvalue weighted by atomic mass is 35.5. The summed E-state index contributed by atoms with van der Waals surface area (Å²) in [6.45, 7) is 3.55. The van der Waals surface area contributed by atoms with Gasteiger partial charge in [-0.3, -0.25) is 0 Å². The molecule has 10 heteroatoms. The van der Waals surface area contributed by atoms with Crippen molar-refractivity contribution in [3.05, 3.63) is 52.5 Å². The predicted octanol–water partition coefficient (Wildman–Crippen LogP) is 5.96. The van der Waals surface area contributed by atoms with Gasteiger partial charge in [-0.15, -0.1) is 0 Å². The lowest BCUT2D eigenvalue weighted by Crippen LogP contribution is -2.27. The average molecular weight is 461 g/mol. The molecule has 0 fully saturated rings. The molecule has 1 unspecified atom stereocenters. The second kappa shape index (κ2) is 10.4. The van der Waals surface area contributed by atoms with Crippen molar-refractivity contribution in [3.8, 4) is 17.2 Å². The highest BCUT2D eigenvalue weighted by Crippen LogP contribution is 2.37. The number of ether oxygens (including phenoxy) is 3. The van der Waals surface area contributed by atoms with Crippen molar-refractivity contribution in [2.45, 2.75) is 39.0 Å². The number of hydrogen-bond donors (Lipinski definition) is 1. The zero-order valence-corrected chi connectivity index (χ0v) is 17.4. The van der Waals surface area contributed by atoms with Crippen LogP contribution in [-0.2, 0) is 15.7 Å². The van der Waals surface area contributed by atoms with Gasteiger partial charge in [0.1, 0.15) is 22.8 Å². The van der Waals surface area contributed by atoms with E-state index in [1.807, 2.05) is 6.92 Å². The molecule has 0 aliphatic carbocycles. The normalized spacial score (nSPS) is 12.2. The molecule has 0 amide bonds. The minimum Gasteiger partial charge on any atom is -0.478 e. The first-order chi connectivity index (χ1) is 14.5. The Balaban J connectivity index is 2.23. The van der Waals surface area contributed by atoms with Crippen LogP contribution >= 0.6 is 11.6 Å². The first-order valence-corrected chi connectivity index (χ1v) is 9.66. The van der Waals surface area contributed by atoms with Gasteiger partial charge in [0.15, 0.2) is 6.10 Å². The molecule has 0 saturated carbocycles. The number of alkyl halides is 3. The Labute approximate surface area is 181 Å². The fraction of sp³-hybridized carbons (Fsp3) is 0.333. The Hall–Kier alpha value is -2.94. The SMILES string of the molecule is CCCCOC(=O)C(C)Oc1cc(Oc2ccc(C(F)(F)F)cc2Cl)ccc1C(=O)O. The first-order valence-electron chi connectivity index (χ1n) is 9.28. The van der Waals surface area contributed by atoms with E-state index in [-0.39, 0.29) is 34.4 Å². The molecular formula is C21H20ClF3O6. The number of rotatable bonds is 9. The molecular weight excluding hydrogens is 441 g/mol. The third kappa shape index (κ3) is 6.78. The van der Waals surface area contributed by atoms with Crippen LogP contribution in [0, 0.1) is 0 Å². The number of aromatic carboxylic acids is 1. The third-order valence-electron chi connectivity index (χ3n) is 4.05. The van der Waals surface area contributed by atoms with Gasteiger partial charge in [-0.1, -0.05) is 24.9 Å². The Kier molecular flexibility index (Phi) is 8.15. The van der Waals surface area contributed by atoms with Gasteiger partial charge in [0.25, 0.3) is 0 Å². The zero-order valence-electron chi connectivity index (χ0n) is 16.7. The quantitative estimate of drug-likeness (QED) is 0.367. The molecule has 31 heavy (non-hydrogen) atoms. The molecule has 0 saturated heterocycles. The van der Waals surface area contributed by atoms with E-state index in [9.17, 15) is 27.9 Å². The maximum absolute atomic E-state index is 12.8. The highest BCUT2D eigenvalue weighted by molar-refractivity contribution is 6.32. The van der Waals surface area contributed by atoms with Gasteiger partial charge in [0, 0.05) is 6.07 Å². The van der Waals surface area contributed by atoms with E-state index in [2.05, 4.69) is 0 Å². The minimum absolute atomic E-state index is 0.0493. The van der Waals surface area contributed by atoms with Crippen molar-refractivity contribution in [3.63, 3.8) is 0 Å². The first kappa shape index (κ1) is 24.3. The van der Waals surface area contributed by atoms with Crippen LogP contribution < -0.4 is 9.47 Å². The van der Waals surface area contributed by atoms with E-state index in [0.29, 0.717) is 12.5 Å². The number of unbranched alkanes of at least 4 members (excludes halogenated alkanes) is 1. The van der Waals surface area contributed by atoms with Gasteiger partial charge in [0.05, 0.1) is 17.2 Å². The Morgan fingerprint density at radius 1 is 1.13 bits per heavy atom. The zero-order chi connectivity index (χ0) is 23.2. The van der Waals surface area contributed by atoms with Crippen LogP contribution in [0.5, 0.6) is 17.2 Å². The fourth-order valence-corrected chi connectivity index (χ4v) is 2.62. The molecule has 2 aromatic carbocycles. The van der Waals surface area contributed by atoms with Gasteiger partial charge in [-0.05, 0) is 43.7 Å². The number of carboxylic acids is 1. The number of esters is 1. The van der Waals surface area contributed by atoms with Gasteiger partial charge in [0.2, 0.25) is 0 Å². The molecule has 0 aliphatic heterocycles. The number of halogens is 4. The van der Waals surface area contributed by atoms with Crippen LogP contribution in [0.3, 0.4) is 0 Å². The molecule has 1 atom stereocenters. The molecule has 6 nitrogen and oxygen atoms in total. The molecule has 168 valence electrons. The topological polar surface area (TPSA) is 82.1 Å². The molecule has 2 rings (SSSR count). The summed E-state index contributed by atoms with van der Waals surface area (Å²) in [5, 5.41) is 9.07. The second-order valence-electron chi connectivity index (χ2n) is 6.49. The molecule has 0 aliphatic rings. The van der Waals surface area contributed by atoms with Crippen LogP contribution in [0.1, 0.15) is 42.6 Å². The monoisotopic (exact) mass is 460 g/mol. The average Bonchev–Trinajstić information content (AvgIpc) is 2.68. The molecule has 2 aromatic rings. The Morgan fingerprint density at radius 2 is 1.84 bits per heavy atom. The van der Waals surface area contributed by atoms with Gasteiger partial charge < -0.3 is 19.3 Å². The summed E-state index contributed by atoms with van der Waals surface area (Å²) >= 11 is 5.88. The lowest BCUT2D eigenvalue weighted by atomic mass is 10.2. The van der Waals surface area contributed by atoms with E-state index in [0.717, 1.165) is 18.6 Å². The fourth-order valence-electron chi connectivity index (χ4n) is 2.40. The molecule has 0 bridgehead atoms. The number of hydrogen-bond acceptors (Lipinski definition) is 5. The standard InChI is InChI=1S/C21H20ClF3O6/c1-3-4-9-29-20(28)12(2)30-18-11-14(6-7-15(18)19(26)27)31-17-8-5-13(10-16(17)22)21(23,24)25/h5-8,10-12H,3-4,9H2,1-2H3,(H,26,27). The number of carboxylic acid groups (broad SMARTS) is 1. The highest BCUT2D eigenvalue weighted by Gasteiger charge is 2.31. The van der Waals surface area contributed by atoms with Crippen molar-refractivity contribution in [2.75, 3.05) is 6.61 Å². The number of benzene rings is 2. The Morgan fingerprint density at radius 3 is 2.42 bits per heavy atom. The lowest BCUT2D eigenvalue weighted by Gasteiger charge is -2.17. The second-order valence-corrected chi connectivity index (χ2v) is 6.90. The van der Waals surface area contributed by atoms with E-state index in [4.69, 9.17) is 25.8 Å². The van der Waals surface area contributed by atoms with Crippen molar-refractivity contribution < 1.29 is 42.1 Å². The van der Waals surface area contributed by atoms with Crippen molar-refractivity contribution in [2.24, 2.45) is 0 Å². The predicted molar refractivity (Wildman–Crippen MR) is 106 cm³/mol. The van der Waals surface area contributed by atoms with Crippen molar-refractivity contribution >= 4 is 23.5 Å². The van der Waals surface area contributed by atoms with Crippen LogP contribution in [0.25, 0.3) is 0 Å². The third-order valence-corrected chi connectivity index (χ3v) is 4.34. The number of carbonyl (C=O) groups is 2. The largest absolute Gasteiger partial charge is 0.478 e. The summed E-state index contributed by atoms with van der Waals surface area (Å²) in [6, 6.07) is 6.24. The maximum atomic E-state index is 12.8. The van der Waals surface area contributed by atoms with Crippen LogP contribution in [0.4, 0.5) is 13.2 Å². The van der Waals surface area contributed by atoms with Crippen molar-refractivity contribution in [1.29, 1.82) is 0 Å². The van der Waals surface area contributed by atoms with Crippen LogP contribution in [0.2, 0.25) is 5.02 Å². The summed E-state index contributed by atoms with van der Waals surface area (Å²) < 4.78 is 54.3. The summed E-state index contributed by atoms with van der Waals surface area (Å²) in [5.41, 5.74) is -1.18. The van der Waals surface area contributed by atoms with Crippen LogP contribution in [0.15, 0.2) is 36.4 Å². The number of carbonyl (C=O) groups excluding carboxylic acids is 1. The lowest BCUT2D eigenvalue weighted by molar-refractivity contribution is -0.151. The van der Waals surface area contributed by atoms with Gasteiger partial charge >= 0.3 is 18.1 Å². The van der Waals surface area contributed by atoms with E-state index < -0.39 is 29.8 Å². The Bertz CT molecular complexity index is 945. The van der Waals surface area contributed by atoms with E-state index >= 15 is 0 Å². The minimum atomic E-state index is -4.56. The molecule has 0 spiro atoms.